The number of pyridine rings is 2. The molecule has 0 saturated carbocycles. The van der Waals surface area contributed by atoms with Crippen molar-refractivity contribution < 1.29 is 31.1 Å². The van der Waals surface area contributed by atoms with E-state index < -0.39 is 69.1 Å². The molecule has 0 N–H and O–H groups in total. The number of nitrogens with zero attached hydrogens (tertiary/aromatic N) is 5. The minimum atomic E-state index is -5.07. The zero-order valence-electron chi connectivity index (χ0n) is 20.0. The molecular formula is C25H19F6N5O2. The zero-order chi connectivity index (χ0) is 27.4. The SMILES string of the molecule is Cc1cc([C@H]2CN(c3nc(-c4ccc(F)cc4F)c4nc(C(F)(F)F)n(C)c(=O)c4c3F)CCO2)ccn1. The lowest BCUT2D eigenvalue weighted by molar-refractivity contribution is -0.147. The number of aryl methyl sites for hydroxylation is 1. The quantitative estimate of drug-likeness (QED) is 0.354. The molecule has 0 bridgehead atoms. The summed E-state index contributed by atoms with van der Waals surface area (Å²) in [5.41, 5.74) is -1.62. The minimum absolute atomic E-state index is 0.0681. The van der Waals surface area contributed by atoms with Crippen molar-refractivity contribution in [1.29, 1.82) is 0 Å². The molecule has 198 valence electrons. The van der Waals surface area contributed by atoms with Gasteiger partial charge in [-0.2, -0.15) is 13.2 Å². The fourth-order valence-electron chi connectivity index (χ4n) is 4.43. The third-order valence-corrected chi connectivity index (χ3v) is 6.25. The molecule has 4 heterocycles. The molecule has 1 atom stereocenters. The first-order chi connectivity index (χ1) is 18.0. The van der Waals surface area contributed by atoms with Crippen LogP contribution in [0.5, 0.6) is 0 Å². The summed E-state index contributed by atoms with van der Waals surface area (Å²) in [4.78, 5) is 26.3. The summed E-state index contributed by atoms with van der Waals surface area (Å²) >= 11 is 0. The summed E-state index contributed by atoms with van der Waals surface area (Å²) in [6.07, 6.45) is -4.03. The Hall–Kier alpha value is -4.00. The second-order valence-electron chi connectivity index (χ2n) is 8.78. The smallest absolute Gasteiger partial charge is 0.370 e. The number of alkyl halides is 3. The first-order valence-electron chi connectivity index (χ1n) is 11.4. The van der Waals surface area contributed by atoms with Gasteiger partial charge in [0, 0.05) is 43.7 Å². The van der Waals surface area contributed by atoms with Crippen LogP contribution in [0.3, 0.4) is 0 Å². The van der Waals surface area contributed by atoms with Gasteiger partial charge in [0.2, 0.25) is 5.82 Å². The van der Waals surface area contributed by atoms with Crippen molar-refractivity contribution in [2.45, 2.75) is 19.2 Å². The van der Waals surface area contributed by atoms with Crippen molar-refractivity contribution in [2.75, 3.05) is 24.6 Å². The molecule has 5 rings (SSSR count). The Kier molecular flexibility index (Phi) is 6.33. The maximum atomic E-state index is 15.9. The third-order valence-electron chi connectivity index (χ3n) is 6.25. The summed E-state index contributed by atoms with van der Waals surface area (Å²) < 4.78 is 91.3. The average Bonchev–Trinajstić information content (AvgIpc) is 2.86. The molecular weight excluding hydrogens is 516 g/mol. The van der Waals surface area contributed by atoms with E-state index in [0.717, 1.165) is 30.4 Å². The van der Waals surface area contributed by atoms with E-state index in [4.69, 9.17) is 4.74 Å². The molecule has 1 aromatic carbocycles. The molecule has 4 aromatic rings. The first-order valence-corrected chi connectivity index (χ1v) is 11.4. The highest BCUT2D eigenvalue weighted by molar-refractivity contribution is 5.93. The zero-order valence-corrected chi connectivity index (χ0v) is 20.0. The van der Waals surface area contributed by atoms with Crippen molar-refractivity contribution >= 4 is 16.7 Å². The molecule has 0 unspecified atom stereocenters. The molecule has 1 saturated heterocycles. The number of ether oxygens (including phenoxy) is 1. The Morgan fingerprint density at radius 2 is 1.84 bits per heavy atom. The summed E-state index contributed by atoms with van der Waals surface area (Å²) in [7, 11) is 0.811. The topological polar surface area (TPSA) is 73.1 Å². The molecule has 38 heavy (non-hydrogen) atoms. The normalized spacial score (nSPS) is 16.3. The summed E-state index contributed by atoms with van der Waals surface area (Å²) in [6.45, 7) is 2.11. The fourth-order valence-corrected chi connectivity index (χ4v) is 4.43. The summed E-state index contributed by atoms with van der Waals surface area (Å²) in [5, 5.41) is -0.799. The summed E-state index contributed by atoms with van der Waals surface area (Å²) in [6, 6.07) is 5.84. The molecule has 0 amide bonds. The number of rotatable bonds is 3. The number of morpholine rings is 1. The number of hydrogen-bond donors (Lipinski definition) is 0. The van der Waals surface area contributed by atoms with E-state index in [1.54, 1.807) is 25.3 Å². The highest BCUT2D eigenvalue weighted by atomic mass is 19.4. The Morgan fingerprint density at radius 3 is 2.53 bits per heavy atom. The monoisotopic (exact) mass is 535 g/mol. The first kappa shape index (κ1) is 25.6. The minimum Gasteiger partial charge on any atom is -0.370 e. The lowest BCUT2D eigenvalue weighted by Gasteiger charge is -2.34. The van der Waals surface area contributed by atoms with Gasteiger partial charge >= 0.3 is 6.18 Å². The molecule has 1 aliphatic rings. The largest absolute Gasteiger partial charge is 0.449 e. The number of hydrogen-bond acceptors (Lipinski definition) is 6. The van der Waals surface area contributed by atoms with Gasteiger partial charge in [-0.05, 0) is 36.8 Å². The van der Waals surface area contributed by atoms with Crippen LogP contribution in [0.1, 0.15) is 23.2 Å². The number of benzene rings is 1. The highest BCUT2D eigenvalue weighted by Crippen LogP contribution is 2.36. The fraction of sp³-hybridized carbons (Fsp3) is 0.280. The van der Waals surface area contributed by atoms with Gasteiger partial charge in [-0.1, -0.05) is 0 Å². The molecule has 1 aliphatic heterocycles. The van der Waals surface area contributed by atoms with Crippen LogP contribution in [0.2, 0.25) is 0 Å². The van der Waals surface area contributed by atoms with E-state index in [-0.39, 0.29) is 24.3 Å². The third kappa shape index (κ3) is 4.46. The molecule has 0 aliphatic carbocycles. The van der Waals surface area contributed by atoms with Gasteiger partial charge in [0.1, 0.15) is 34.3 Å². The number of aromatic nitrogens is 4. The predicted octanol–water partition coefficient (Wildman–Crippen LogP) is 4.71. The molecule has 3 aromatic heterocycles. The van der Waals surface area contributed by atoms with Crippen molar-refractivity contribution in [2.24, 2.45) is 7.05 Å². The lowest BCUT2D eigenvalue weighted by Crippen LogP contribution is -2.40. The Morgan fingerprint density at radius 1 is 1.08 bits per heavy atom. The molecule has 0 radical (unpaired) electrons. The maximum absolute atomic E-state index is 15.9. The van der Waals surface area contributed by atoms with Gasteiger partial charge in [0.25, 0.3) is 5.56 Å². The van der Waals surface area contributed by atoms with E-state index in [1.165, 1.54) is 4.90 Å². The van der Waals surface area contributed by atoms with Crippen LogP contribution >= 0.6 is 0 Å². The maximum Gasteiger partial charge on any atom is 0.449 e. The molecule has 7 nitrogen and oxygen atoms in total. The van der Waals surface area contributed by atoms with E-state index >= 15 is 4.39 Å². The second-order valence-corrected chi connectivity index (χ2v) is 8.78. The highest BCUT2D eigenvalue weighted by Gasteiger charge is 2.38. The lowest BCUT2D eigenvalue weighted by atomic mass is 10.1. The van der Waals surface area contributed by atoms with Gasteiger partial charge in [-0.15, -0.1) is 0 Å². The summed E-state index contributed by atoms with van der Waals surface area (Å²) in [5.74, 6) is -5.33. The van der Waals surface area contributed by atoms with Gasteiger partial charge in [0.15, 0.2) is 11.6 Å². The van der Waals surface area contributed by atoms with Crippen LogP contribution in [0, 0.1) is 24.4 Å². The average molecular weight is 535 g/mol. The van der Waals surface area contributed by atoms with E-state index in [9.17, 15) is 26.7 Å². The Bertz CT molecular complexity index is 1620. The Labute approximate surface area is 211 Å². The van der Waals surface area contributed by atoms with E-state index in [0.29, 0.717) is 6.07 Å². The van der Waals surface area contributed by atoms with Crippen LogP contribution in [-0.4, -0.2) is 39.2 Å². The molecule has 1 fully saturated rings. The van der Waals surface area contributed by atoms with Gasteiger partial charge in [-0.25, -0.2) is 23.1 Å². The van der Waals surface area contributed by atoms with Crippen LogP contribution in [0.4, 0.5) is 32.2 Å². The van der Waals surface area contributed by atoms with Gasteiger partial charge in [-0.3, -0.25) is 14.3 Å². The van der Waals surface area contributed by atoms with Crippen molar-refractivity contribution in [1.82, 2.24) is 19.5 Å². The number of halogens is 6. The van der Waals surface area contributed by atoms with Gasteiger partial charge < -0.3 is 9.64 Å². The van der Waals surface area contributed by atoms with E-state index in [1.807, 2.05) is 0 Å². The van der Waals surface area contributed by atoms with Crippen LogP contribution in [0.15, 0.2) is 41.3 Å². The predicted molar refractivity (Wildman–Crippen MR) is 125 cm³/mol. The Balaban J connectivity index is 1.75. The van der Waals surface area contributed by atoms with Crippen molar-refractivity contribution in [3.63, 3.8) is 0 Å². The van der Waals surface area contributed by atoms with Crippen molar-refractivity contribution in [3.05, 3.63) is 81.4 Å². The van der Waals surface area contributed by atoms with E-state index in [2.05, 4.69) is 15.0 Å². The molecule has 13 heteroatoms. The standard InChI is InChI=1S/C25H19F6N5O2/c1-12-9-13(5-6-32-12)17-11-36(7-8-38-17)22-19(28)18-21(34-24(25(29,30)31)35(2)23(18)37)20(33-22)15-4-3-14(26)10-16(15)27/h3-6,9-10,17H,7-8,11H2,1-2H3/t17-/m1/s1. The van der Waals surface area contributed by atoms with Crippen molar-refractivity contribution in [3.8, 4) is 11.3 Å². The number of fused-ring (bicyclic) bond motifs is 1. The van der Waals surface area contributed by atoms with Crippen LogP contribution in [0.25, 0.3) is 22.2 Å². The van der Waals surface area contributed by atoms with Gasteiger partial charge in [0.05, 0.1) is 6.61 Å². The number of anilines is 1. The van der Waals surface area contributed by atoms with Crippen LogP contribution < -0.4 is 10.5 Å². The van der Waals surface area contributed by atoms with Crippen LogP contribution in [-0.2, 0) is 18.0 Å². The molecule has 0 spiro atoms. The second kappa shape index (κ2) is 9.39.